The Kier molecular flexibility index (Phi) is 14.7. The lowest BCUT2D eigenvalue weighted by Crippen LogP contribution is -2.67. The number of ether oxygens (including phenoxy) is 5. The molecule has 1 saturated heterocycles. The van der Waals surface area contributed by atoms with E-state index >= 15 is 0 Å². The quantitative estimate of drug-likeness (QED) is 0.0530. The summed E-state index contributed by atoms with van der Waals surface area (Å²) < 4.78 is 40.6. The molecular weight excluding hydrogens is 803 g/mol. The van der Waals surface area contributed by atoms with Crippen molar-refractivity contribution in [3.05, 3.63) is 168 Å². The number of hydrogen-bond donors (Lipinski definition) is 0. The highest BCUT2D eigenvalue weighted by Crippen LogP contribution is 2.38. The van der Waals surface area contributed by atoms with Crippen molar-refractivity contribution in [1.29, 1.82) is 0 Å². The van der Waals surface area contributed by atoms with Crippen LogP contribution in [0.3, 0.4) is 0 Å². The van der Waals surface area contributed by atoms with Crippen molar-refractivity contribution in [2.24, 2.45) is 0 Å². The molecule has 0 N–H and O–H groups in total. The number of halogens is 1. The van der Waals surface area contributed by atoms with Gasteiger partial charge in [0.15, 0.2) is 6.29 Å². The third-order valence-corrected chi connectivity index (χ3v) is 16.2. The molecule has 54 heavy (non-hydrogen) atoms. The summed E-state index contributed by atoms with van der Waals surface area (Å²) in [5.41, 5.74) is 3.28. The van der Waals surface area contributed by atoms with Gasteiger partial charge in [0.05, 0.1) is 43.1 Å². The Hall–Kier alpha value is -3.19. The molecule has 284 valence electrons. The first kappa shape index (κ1) is 40.5. The third-order valence-electron chi connectivity index (χ3n) is 9.86. The zero-order chi connectivity index (χ0) is 37.8. The van der Waals surface area contributed by atoms with E-state index in [0.717, 1.165) is 16.7 Å². The SMILES string of the molecule is CC(CO[Si](c1ccccc1)(c1ccccc1)C(C)(C)C)O[C@@H]1O[C@H](COCc2ccccc2)[C@@H](OCc2ccccc2)[C@H](OCc2ccccc2)[C@H]1I. The predicted octanol–water partition coefficient (Wildman–Crippen LogP) is 8.88. The summed E-state index contributed by atoms with van der Waals surface area (Å²) in [6, 6.07) is 52.1. The maximum Gasteiger partial charge on any atom is 0.261 e. The molecule has 5 aromatic rings. The van der Waals surface area contributed by atoms with Gasteiger partial charge in [-0.15, -0.1) is 0 Å². The molecule has 6 rings (SSSR count). The smallest absolute Gasteiger partial charge is 0.261 e. The van der Waals surface area contributed by atoms with Crippen molar-refractivity contribution >= 4 is 41.3 Å². The van der Waals surface area contributed by atoms with Crippen LogP contribution in [0.2, 0.25) is 5.04 Å². The Bertz CT molecular complexity index is 1750. The van der Waals surface area contributed by atoms with Crippen molar-refractivity contribution in [3.63, 3.8) is 0 Å². The number of hydrogen-bond acceptors (Lipinski definition) is 6. The second-order valence-corrected chi connectivity index (χ2v) is 20.7. The summed E-state index contributed by atoms with van der Waals surface area (Å²) in [5.74, 6) is 0. The van der Waals surface area contributed by atoms with E-state index in [1.807, 2.05) is 54.6 Å². The van der Waals surface area contributed by atoms with Gasteiger partial charge in [0, 0.05) is 0 Å². The minimum absolute atomic E-state index is 0.149. The molecule has 1 unspecified atom stereocenters. The van der Waals surface area contributed by atoms with Crippen molar-refractivity contribution < 1.29 is 28.1 Å². The molecule has 6 nitrogen and oxygen atoms in total. The molecule has 0 aliphatic carbocycles. The van der Waals surface area contributed by atoms with Crippen LogP contribution in [0.15, 0.2) is 152 Å². The van der Waals surface area contributed by atoms with Gasteiger partial charge in [-0.3, -0.25) is 0 Å². The maximum atomic E-state index is 7.26. The fourth-order valence-corrected chi connectivity index (χ4v) is 12.8. The van der Waals surface area contributed by atoms with Crippen LogP contribution in [-0.2, 0) is 47.9 Å². The highest BCUT2D eigenvalue weighted by molar-refractivity contribution is 14.1. The fraction of sp³-hybridized carbons (Fsp3) is 0.348. The molecule has 0 amide bonds. The Balaban J connectivity index is 1.24. The Morgan fingerprint density at radius 1 is 0.611 bits per heavy atom. The van der Waals surface area contributed by atoms with Crippen LogP contribution in [-0.4, -0.2) is 56.2 Å². The fourth-order valence-electron chi connectivity index (χ4n) is 7.18. The normalized spacial score (nSPS) is 21.1. The second-order valence-electron chi connectivity index (χ2n) is 14.9. The molecule has 1 aliphatic heterocycles. The maximum absolute atomic E-state index is 7.26. The predicted molar refractivity (Wildman–Crippen MR) is 227 cm³/mol. The van der Waals surface area contributed by atoms with E-state index < -0.39 is 26.8 Å². The van der Waals surface area contributed by atoms with Gasteiger partial charge in [0.1, 0.15) is 18.3 Å². The van der Waals surface area contributed by atoms with E-state index in [1.165, 1.54) is 10.4 Å². The van der Waals surface area contributed by atoms with Crippen LogP contribution in [0.5, 0.6) is 0 Å². The summed E-state index contributed by atoms with van der Waals surface area (Å²) >= 11 is 2.43. The average Bonchev–Trinajstić information content (AvgIpc) is 3.19. The molecule has 1 aliphatic rings. The van der Waals surface area contributed by atoms with E-state index in [2.05, 4.69) is 147 Å². The zero-order valence-corrected chi connectivity index (χ0v) is 34.9. The van der Waals surface area contributed by atoms with Gasteiger partial charge < -0.3 is 28.1 Å². The second kappa shape index (κ2) is 19.6. The Morgan fingerprint density at radius 2 is 1.04 bits per heavy atom. The van der Waals surface area contributed by atoms with Crippen molar-refractivity contribution in [2.75, 3.05) is 13.2 Å². The summed E-state index contributed by atoms with van der Waals surface area (Å²) in [4.78, 5) is 0. The Labute approximate surface area is 336 Å². The van der Waals surface area contributed by atoms with Gasteiger partial charge in [-0.2, -0.15) is 0 Å². The van der Waals surface area contributed by atoms with Gasteiger partial charge >= 0.3 is 0 Å². The van der Waals surface area contributed by atoms with Crippen molar-refractivity contribution in [3.8, 4) is 0 Å². The first-order chi connectivity index (χ1) is 26.2. The van der Waals surface area contributed by atoms with E-state index in [1.54, 1.807) is 0 Å². The molecular formula is C46H53IO6Si. The first-order valence-corrected chi connectivity index (χ1v) is 22.0. The average molecular weight is 857 g/mol. The standard InChI is InChI=1S/C46H53IO6Si/c1-35(30-51-54(46(2,3)4,39-26-16-8-17-27-39)40-28-18-9-19-29-40)52-45-42(47)44(50-33-38-24-14-7-15-25-38)43(49-32-37-22-12-6-13-23-37)41(53-45)34-48-31-36-20-10-5-11-21-36/h5-29,35,41-45H,30-34H2,1-4H3/t35?,41-,42-,43-,44-,45-/m1/s1. The monoisotopic (exact) mass is 856 g/mol. The van der Waals surface area contributed by atoms with Crippen molar-refractivity contribution in [1.82, 2.24) is 0 Å². The third kappa shape index (κ3) is 10.4. The van der Waals surface area contributed by atoms with Gasteiger partial charge in [-0.1, -0.05) is 195 Å². The summed E-state index contributed by atoms with van der Waals surface area (Å²) in [7, 11) is -2.76. The largest absolute Gasteiger partial charge is 0.405 e. The van der Waals surface area contributed by atoms with E-state index in [0.29, 0.717) is 33.0 Å². The highest BCUT2D eigenvalue weighted by Gasteiger charge is 2.51. The minimum atomic E-state index is -2.76. The Morgan fingerprint density at radius 3 is 1.50 bits per heavy atom. The van der Waals surface area contributed by atoms with Crippen LogP contribution < -0.4 is 10.4 Å². The topological polar surface area (TPSA) is 55.4 Å². The van der Waals surface area contributed by atoms with E-state index in [4.69, 9.17) is 28.1 Å². The molecule has 1 heterocycles. The van der Waals surface area contributed by atoms with Gasteiger partial charge in [0.25, 0.3) is 8.32 Å². The molecule has 6 atom stereocenters. The minimum Gasteiger partial charge on any atom is -0.405 e. The van der Waals surface area contributed by atoms with Crippen LogP contribution >= 0.6 is 22.6 Å². The molecule has 5 aromatic carbocycles. The van der Waals surface area contributed by atoms with E-state index in [9.17, 15) is 0 Å². The van der Waals surface area contributed by atoms with E-state index in [-0.39, 0.29) is 21.2 Å². The first-order valence-electron chi connectivity index (χ1n) is 18.9. The number of rotatable bonds is 17. The van der Waals surface area contributed by atoms with Crippen LogP contribution in [0.4, 0.5) is 0 Å². The van der Waals surface area contributed by atoms with Crippen molar-refractivity contribution in [2.45, 2.75) is 87.2 Å². The summed E-state index contributed by atoms with van der Waals surface area (Å²) in [6.45, 7) is 11.0. The zero-order valence-electron chi connectivity index (χ0n) is 31.8. The van der Waals surface area contributed by atoms with Gasteiger partial charge in [-0.05, 0) is 39.0 Å². The molecule has 0 aromatic heterocycles. The molecule has 0 radical (unpaired) electrons. The van der Waals surface area contributed by atoms with Gasteiger partial charge in [0.2, 0.25) is 0 Å². The lowest BCUT2D eigenvalue weighted by atomic mass is 10.0. The summed E-state index contributed by atoms with van der Waals surface area (Å²) in [6.07, 6.45) is -2.07. The lowest BCUT2D eigenvalue weighted by molar-refractivity contribution is -0.281. The molecule has 1 fully saturated rings. The molecule has 0 spiro atoms. The highest BCUT2D eigenvalue weighted by atomic mass is 127. The molecule has 8 heteroatoms. The van der Waals surface area contributed by atoms with Gasteiger partial charge in [-0.25, -0.2) is 0 Å². The summed E-state index contributed by atoms with van der Waals surface area (Å²) in [5, 5.41) is 2.32. The molecule has 0 saturated carbocycles. The number of benzene rings is 5. The van der Waals surface area contributed by atoms with Crippen LogP contribution in [0.25, 0.3) is 0 Å². The van der Waals surface area contributed by atoms with Crippen LogP contribution in [0, 0.1) is 0 Å². The molecule has 0 bridgehead atoms. The number of alkyl halides is 1. The van der Waals surface area contributed by atoms with Crippen LogP contribution in [0.1, 0.15) is 44.4 Å². The lowest BCUT2D eigenvalue weighted by Gasteiger charge is -2.46.